The number of aromatic nitrogens is 1. The van der Waals surface area contributed by atoms with Crippen molar-refractivity contribution in [3.8, 4) is 0 Å². The SMILES string of the molecule is CC(C)c1ccnc(N2CCN(C)CC2)c1. The van der Waals surface area contributed by atoms with Crippen LogP contribution in [0.4, 0.5) is 5.82 Å². The zero-order valence-corrected chi connectivity index (χ0v) is 10.5. The van der Waals surface area contributed by atoms with Gasteiger partial charge >= 0.3 is 0 Å². The van der Waals surface area contributed by atoms with Gasteiger partial charge in [0.2, 0.25) is 0 Å². The third-order valence-electron chi connectivity index (χ3n) is 3.26. The van der Waals surface area contributed by atoms with Crippen molar-refractivity contribution in [3.63, 3.8) is 0 Å². The fourth-order valence-corrected chi connectivity index (χ4v) is 2.00. The number of anilines is 1. The molecule has 0 aromatic carbocycles. The highest BCUT2D eigenvalue weighted by Gasteiger charge is 2.15. The zero-order chi connectivity index (χ0) is 11.5. The molecule has 0 saturated carbocycles. The van der Waals surface area contributed by atoms with E-state index in [1.165, 1.54) is 5.56 Å². The Morgan fingerprint density at radius 1 is 1.19 bits per heavy atom. The molecule has 0 atom stereocenters. The van der Waals surface area contributed by atoms with Crippen molar-refractivity contribution in [3.05, 3.63) is 23.9 Å². The van der Waals surface area contributed by atoms with Gasteiger partial charge in [-0.2, -0.15) is 0 Å². The number of rotatable bonds is 2. The van der Waals surface area contributed by atoms with E-state index in [-0.39, 0.29) is 0 Å². The van der Waals surface area contributed by atoms with Gasteiger partial charge in [-0.3, -0.25) is 0 Å². The maximum absolute atomic E-state index is 4.48. The number of hydrogen-bond donors (Lipinski definition) is 0. The normalized spacial score (nSPS) is 18.1. The Kier molecular flexibility index (Phi) is 3.44. The smallest absolute Gasteiger partial charge is 0.128 e. The summed E-state index contributed by atoms with van der Waals surface area (Å²) in [4.78, 5) is 9.22. The van der Waals surface area contributed by atoms with Gasteiger partial charge in [-0.05, 0) is 30.7 Å². The maximum Gasteiger partial charge on any atom is 0.128 e. The van der Waals surface area contributed by atoms with Gasteiger partial charge in [0.15, 0.2) is 0 Å². The third kappa shape index (κ3) is 2.53. The van der Waals surface area contributed by atoms with Gasteiger partial charge in [0.25, 0.3) is 0 Å². The monoisotopic (exact) mass is 219 g/mol. The van der Waals surface area contributed by atoms with Gasteiger partial charge in [0, 0.05) is 32.4 Å². The van der Waals surface area contributed by atoms with Gasteiger partial charge in [-0.25, -0.2) is 4.98 Å². The molecule has 1 fully saturated rings. The molecule has 0 N–H and O–H groups in total. The molecule has 88 valence electrons. The first kappa shape index (κ1) is 11.4. The molecule has 0 radical (unpaired) electrons. The topological polar surface area (TPSA) is 19.4 Å². The summed E-state index contributed by atoms with van der Waals surface area (Å²) in [5.74, 6) is 1.72. The Morgan fingerprint density at radius 3 is 2.50 bits per heavy atom. The van der Waals surface area contributed by atoms with Crippen LogP contribution in [0, 0.1) is 0 Å². The van der Waals surface area contributed by atoms with Crippen LogP contribution in [0.15, 0.2) is 18.3 Å². The minimum absolute atomic E-state index is 0.578. The predicted molar refractivity (Wildman–Crippen MR) is 68.0 cm³/mol. The van der Waals surface area contributed by atoms with Crippen LogP contribution in [-0.4, -0.2) is 43.1 Å². The van der Waals surface area contributed by atoms with E-state index in [4.69, 9.17) is 0 Å². The van der Waals surface area contributed by atoms with Crippen LogP contribution in [0.2, 0.25) is 0 Å². The van der Waals surface area contributed by atoms with E-state index in [1.807, 2.05) is 6.20 Å². The molecule has 3 heteroatoms. The first-order chi connectivity index (χ1) is 7.66. The van der Waals surface area contributed by atoms with Crippen LogP contribution in [0.3, 0.4) is 0 Å². The molecule has 1 aromatic heterocycles. The zero-order valence-electron chi connectivity index (χ0n) is 10.5. The van der Waals surface area contributed by atoms with Crippen LogP contribution >= 0.6 is 0 Å². The largest absolute Gasteiger partial charge is 0.354 e. The van der Waals surface area contributed by atoms with E-state index in [0.717, 1.165) is 32.0 Å². The highest BCUT2D eigenvalue weighted by atomic mass is 15.3. The Morgan fingerprint density at radius 2 is 1.88 bits per heavy atom. The molecule has 2 rings (SSSR count). The number of piperazine rings is 1. The van der Waals surface area contributed by atoms with Crippen molar-refractivity contribution in [1.29, 1.82) is 0 Å². The first-order valence-electron chi connectivity index (χ1n) is 6.06. The second-order valence-corrected chi connectivity index (χ2v) is 4.89. The van der Waals surface area contributed by atoms with Crippen LogP contribution in [0.5, 0.6) is 0 Å². The Balaban J connectivity index is 2.11. The van der Waals surface area contributed by atoms with E-state index in [1.54, 1.807) is 0 Å². The molecule has 1 aromatic rings. The van der Waals surface area contributed by atoms with E-state index < -0.39 is 0 Å². The molecule has 1 aliphatic heterocycles. The number of nitrogens with zero attached hydrogens (tertiary/aromatic N) is 3. The molecule has 0 unspecified atom stereocenters. The Bertz CT molecular complexity index is 341. The third-order valence-corrected chi connectivity index (χ3v) is 3.26. The van der Waals surface area contributed by atoms with Crippen molar-refractivity contribution in [2.45, 2.75) is 19.8 Å². The van der Waals surface area contributed by atoms with Gasteiger partial charge in [0.1, 0.15) is 5.82 Å². The van der Waals surface area contributed by atoms with Gasteiger partial charge in [-0.1, -0.05) is 13.8 Å². The lowest BCUT2D eigenvalue weighted by molar-refractivity contribution is 0.312. The number of pyridine rings is 1. The van der Waals surface area contributed by atoms with Gasteiger partial charge in [-0.15, -0.1) is 0 Å². The Hall–Kier alpha value is -1.09. The molecule has 1 saturated heterocycles. The fourth-order valence-electron chi connectivity index (χ4n) is 2.00. The first-order valence-corrected chi connectivity index (χ1v) is 6.06. The van der Waals surface area contributed by atoms with E-state index in [9.17, 15) is 0 Å². The lowest BCUT2D eigenvalue weighted by Gasteiger charge is -2.33. The second-order valence-electron chi connectivity index (χ2n) is 4.89. The van der Waals surface area contributed by atoms with E-state index in [0.29, 0.717) is 5.92 Å². The van der Waals surface area contributed by atoms with Crippen molar-refractivity contribution in [1.82, 2.24) is 9.88 Å². The second kappa shape index (κ2) is 4.83. The van der Waals surface area contributed by atoms with E-state index in [2.05, 4.69) is 47.8 Å². The molecular formula is C13H21N3. The summed E-state index contributed by atoms with van der Waals surface area (Å²) in [6, 6.07) is 4.35. The van der Waals surface area contributed by atoms with Crippen LogP contribution in [-0.2, 0) is 0 Å². The van der Waals surface area contributed by atoms with Crippen molar-refractivity contribution in [2.75, 3.05) is 38.1 Å². The molecule has 0 bridgehead atoms. The summed E-state index contributed by atoms with van der Waals surface area (Å²) in [5.41, 5.74) is 1.38. The summed E-state index contributed by atoms with van der Waals surface area (Å²) < 4.78 is 0. The Labute approximate surface area is 98.1 Å². The average molecular weight is 219 g/mol. The summed E-state index contributed by atoms with van der Waals surface area (Å²) in [6.45, 7) is 8.89. The van der Waals surface area contributed by atoms with E-state index >= 15 is 0 Å². The molecule has 1 aliphatic rings. The fraction of sp³-hybridized carbons (Fsp3) is 0.615. The highest BCUT2D eigenvalue weighted by Crippen LogP contribution is 2.19. The van der Waals surface area contributed by atoms with Crippen molar-refractivity contribution in [2.24, 2.45) is 0 Å². The summed E-state index contributed by atoms with van der Waals surface area (Å²) in [6.07, 6.45) is 1.93. The molecular weight excluding hydrogens is 198 g/mol. The molecule has 0 aliphatic carbocycles. The molecule has 0 amide bonds. The molecule has 2 heterocycles. The summed E-state index contributed by atoms with van der Waals surface area (Å²) in [5, 5.41) is 0. The van der Waals surface area contributed by atoms with Crippen LogP contribution in [0.25, 0.3) is 0 Å². The lowest BCUT2D eigenvalue weighted by atomic mass is 10.1. The molecule has 16 heavy (non-hydrogen) atoms. The molecule has 0 spiro atoms. The van der Waals surface area contributed by atoms with Crippen LogP contribution < -0.4 is 4.90 Å². The number of hydrogen-bond acceptors (Lipinski definition) is 3. The standard InChI is InChI=1S/C13H21N3/c1-11(2)12-4-5-14-13(10-12)16-8-6-15(3)7-9-16/h4-5,10-11H,6-9H2,1-3H3. The average Bonchev–Trinajstić information content (AvgIpc) is 2.30. The summed E-state index contributed by atoms with van der Waals surface area (Å²) in [7, 11) is 2.18. The van der Waals surface area contributed by atoms with Crippen molar-refractivity contribution < 1.29 is 0 Å². The summed E-state index contributed by atoms with van der Waals surface area (Å²) >= 11 is 0. The van der Waals surface area contributed by atoms with Crippen LogP contribution in [0.1, 0.15) is 25.3 Å². The minimum Gasteiger partial charge on any atom is -0.354 e. The predicted octanol–water partition coefficient (Wildman–Crippen LogP) is 1.96. The number of likely N-dealkylation sites (N-methyl/N-ethyl adjacent to an activating group) is 1. The van der Waals surface area contributed by atoms with Gasteiger partial charge < -0.3 is 9.80 Å². The minimum atomic E-state index is 0.578. The molecule has 3 nitrogen and oxygen atoms in total. The van der Waals surface area contributed by atoms with Gasteiger partial charge in [0.05, 0.1) is 0 Å². The van der Waals surface area contributed by atoms with Crippen molar-refractivity contribution >= 4 is 5.82 Å². The maximum atomic E-state index is 4.48. The lowest BCUT2D eigenvalue weighted by Crippen LogP contribution is -2.44. The highest BCUT2D eigenvalue weighted by molar-refractivity contribution is 5.42. The quantitative estimate of drug-likeness (QED) is 0.758.